The fraction of sp³-hybridized carbons (Fsp3) is 0.462. The van der Waals surface area contributed by atoms with E-state index in [2.05, 4.69) is 13.0 Å². The minimum absolute atomic E-state index is 0.00931. The number of anilines is 1. The van der Waals surface area contributed by atoms with Gasteiger partial charge in [0.05, 0.1) is 5.54 Å². The lowest BCUT2D eigenvalue weighted by Crippen LogP contribution is -2.53. The van der Waals surface area contributed by atoms with Gasteiger partial charge in [0.2, 0.25) is 5.91 Å². The highest BCUT2D eigenvalue weighted by Gasteiger charge is 2.36. The molecule has 1 amide bonds. The molecule has 3 nitrogen and oxygen atoms in total. The second-order valence-corrected chi connectivity index (χ2v) is 5.08. The Morgan fingerprint density at radius 3 is 2.69 bits per heavy atom. The summed E-state index contributed by atoms with van der Waals surface area (Å²) in [4.78, 5) is 14.1. The Kier molecular flexibility index (Phi) is 2.50. The summed E-state index contributed by atoms with van der Waals surface area (Å²) in [5.41, 5.74) is 7.31. The first-order valence-electron chi connectivity index (χ1n) is 5.61. The maximum absolute atomic E-state index is 12.2. The van der Waals surface area contributed by atoms with Crippen LogP contribution in [0.2, 0.25) is 0 Å². The van der Waals surface area contributed by atoms with Gasteiger partial charge in [-0.2, -0.15) is 0 Å². The summed E-state index contributed by atoms with van der Waals surface area (Å²) >= 11 is 0. The number of nitrogens with zero attached hydrogens (tertiary/aromatic N) is 1. The van der Waals surface area contributed by atoms with Crippen LogP contribution < -0.4 is 10.6 Å². The van der Waals surface area contributed by atoms with Crippen LogP contribution in [0.3, 0.4) is 0 Å². The molecule has 0 radical (unpaired) electrons. The Morgan fingerprint density at radius 2 is 2.06 bits per heavy atom. The molecule has 0 saturated heterocycles. The Bertz CT molecular complexity index is 420. The summed E-state index contributed by atoms with van der Waals surface area (Å²) in [5.74, 6) is -0.00931. The van der Waals surface area contributed by atoms with Crippen LogP contribution in [-0.2, 0) is 11.2 Å². The van der Waals surface area contributed by atoms with Crippen molar-refractivity contribution in [3.8, 4) is 0 Å². The van der Waals surface area contributed by atoms with Crippen molar-refractivity contribution in [3.05, 3.63) is 29.8 Å². The maximum atomic E-state index is 12.2. The zero-order chi connectivity index (χ0) is 11.9. The van der Waals surface area contributed by atoms with Gasteiger partial charge in [-0.1, -0.05) is 18.2 Å². The maximum Gasteiger partial charge on any atom is 0.246 e. The minimum Gasteiger partial charge on any atom is -0.318 e. The Labute approximate surface area is 96.2 Å². The van der Waals surface area contributed by atoms with Crippen molar-refractivity contribution >= 4 is 11.6 Å². The van der Waals surface area contributed by atoms with Gasteiger partial charge in [-0.25, -0.2) is 0 Å². The predicted molar refractivity (Wildman–Crippen MR) is 65.4 cm³/mol. The number of fused-ring (bicyclic) bond motifs is 1. The van der Waals surface area contributed by atoms with E-state index >= 15 is 0 Å². The molecule has 1 heterocycles. The van der Waals surface area contributed by atoms with Gasteiger partial charge in [0, 0.05) is 11.7 Å². The zero-order valence-electron chi connectivity index (χ0n) is 10.0. The van der Waals surface area contributed by atoms with Crippen molar-refractivity contribution in [3.63, 3.8) is 0 Å². The van der Waals surface area contributed by atoms with Crippen LogP contribution >= 0.6 is 0 Å². The van der Waals surface area contributed by atoms with Crippen molar-refractivity contribution in [1.29, 1.82) is 0 Å². The molecule has 1 aromatic rings. The highest BCUT2D eigenvalue weighted by Crippen LogP contribution is 2.33. The molecule has 2 rings (SSSR count). The molecule has 0 aliphatic carbocycles. The van der Waals surface area contributed by atoms with Crippen LogP contribution in [0.4, 0.5) is 5.69 Å². The summed E-state index contributed by atoms with van der Waals surface area (Å²) in [6, 6.07) is 8.23. The van der Waals surface area contributed by atoms with Crippen molar-refractivity contribution in [2.45, 2.75) is 38.8 Å². The molecule has 0 saturated carbocycles. The molecule has 0 aromatic heterocycles. The molecule has 16 heavy (non-hydrogen) atoms. The summed E-state index contributed by atoms with van der Waals surface area (Å²) in [6.45, 7) is 5.57. The monoisotopic (exact) mass is 218 g/mol. The van der Waals surface area contributed by atoms with Crippen LogP contribution in [-0.4, -0.2) is 17.5 Å². The molecule has 1 unspecified atom stereocenters. The van der Waals surface area contributed by atoms with Crippen molar-refractivity contribution in [1.82, 2.24) is 0 Å². The van der Waals surface area contributed by atoms with Crippen LogP contribution in [0, 0.1) is 0 Å². The largest absolute Gasteiger partial charge is 0.318 e. The lowest BCUT2D eigenvalue weighted by molar-refractivity contribution is -0.122. The molecular weight excluding hydrogens is 200 g/mol. The summed E-state index contributed by atoms with van der Waals surface area (Å²) in [7, 11) is 0. The van der Waals surface area contributed by atoms with E-state index in [0.29, 0.717) is 0 Å². The number of nitrogens with two attached hydrogens (primary N) is 1. The first kappa shape index (κ1) is 11.1. The van der Waals surface area contributed by atoms with E-state index in [1.165, 1.54) is 5.56 Å². The quantitative estimate of drug-likeness (QED) is 0.780. The normalized spacial score (nSPS) is 19.8. The SMILES string of the molecule is CC1Cc2ccccc2N1C(=O)C(C)(C)N. The smallest absolute Gasteiger partial charge is 0.246 e. The number of rotatable bonds is 1. The lowest BCUT2D eigenvalue weighted by atomic mass is 10.0. The molecule has 1 aromatic carbocycles. The van der Waals surface area contributed by atoms with E-state index in [1.807, 2.05) is 23.1 Å². The van der Waals surface area contributed by atoms with Gasteiger partial charge < -0.3 is 10.6 Å². The fourth-order valence-electron chi connectivity index (χ4n) is 2.19. The second-order valence-electron chi connectivity index (χ2n) is 5.08. The number of hydrogen-bond donors (Lipinski definition) is 1. The van der Waals surface area contributed by atoms with Crippen LogP contribution in [0.15, 0.2) is 24.3 Å². The van der Waals surface area contributed by atoms with Crippen molar-refractivity contribution < 1.29 is 4.79 Å². The van der Waals surface area contributed by atoms with Gasteiger partial charge in [-0.15, -0.1) is 0 Å². The topological polar surface area (TPSA) is 46.3 Å². The molecule has 3 heteroatoms. The van der Waals surface area contributed by atoms with Crippen LogP contribution in [0.1, 0.15) is 26.3 Å². The molecule has 86 valence electrons. The third-order valence-electron chi connectivity index (χ3n) is 2.98. The Balaban J connectivity index is 2.40. The first-order valence-corrected chi connectivity index (χ1v) is 5.61. The van der Waals surface area contributed by atoms with E-state index in [4.69, 9.17) is 5.73 Å². The first-order chi connectivity index (χ1) is 7.41. The molecule has 0 bridgehead atoms. The standard InChI is InChI=1S/C13H18N2O/c1-9-8-10-6-4-5-7-11(10)15(9)12(16)13(2,3)14/h4-7,9H,8,14H2,1-3H3. The van der Waals surface area contributed by atoms with Crippen molar-refractivity contribution in [2.75, 3.05) is 4.90 Å². The second kappa shape index (κ2) is 3.59. The van der Waals surface area contributed by atoms with Gasteiger partial charge in [0.1, 0.15) is 0 Å². The van der Waals surface area contributed by atoms with Gasteiger partial charge in [0.15, 0.2) is 0 Å². The van der Waals surface area contributed by atoms with E-state index < -0.39 is 5.54 Å². The van der Waals surface area contributed by atoms with E-state index in [1.54, 1.807) is 13.8 Å². The lowest BCUT2D eigenvalue weighted by Gasteiger charge is -2.29. The van der Waals surface area contributed by atoms with Gasteiger partial charge >= 0.3 is 0 Å². The minimum atomic E-state index is -0.814. The van der Waals surface area contributed by atoms with Gasteiger partial charge in [-0.3, -0.25) is 4.79 Å². The molecule has 0 fully saturated rings. The predicted octanol–water partition coefficient (Wildman–Crippen LogP) is 1.70. The molecule has 1 atom stereocenters. The Hall–Kier alpha value is -1.35. The fourth-order valence-corrected chi connectivity index (χ4v) is 2.19. The molecular formula is C13H18N2O. The number of carbonyl (C=O) groups is 1. The molecule has 2 N–H and O–H groups in total. The van der Waals surface area contributed by atoms with Gasteiger partial charge in [-0.05, 0) is 38.8 Å². The molecule has 0 spiro atoms. The number of para-hydroxylation sites is 1. The van der Waals surface area contributed by atoms with E-state index in [0.717, 1.165) is 12.1 Å². The highest BCUT2D eigenvalue weighted by molar-refractivity contribution is 6.01. The summed E-state index contributed by atoms with van der Waals surface area (Å²) < 4.78 is 0. The van der Waals surface area contributed by atoms with Gasteiger partial charge in [0.25, 0.3) is 0 Å². The average Bonchev–Trinajstić information content (AvgIpc) is 2.51. The highest BCUT2D eigenvalue weighted by atomic mass is 16.2. The Morgan fingerprint density at radius 1 is 1.44 bits per heavy atom. The summed E-state index contributed by atoms with van der Waals surface area (Å²) in [5, 5.41) is 0. The third-order valence-corrected chi connectivity index (χ3v) is 2.98. The zero-order valence-corrected chi connectivity index (χ0v) is 10.0. The number of amides is 1. The number of hydrogen-bond acceptors (Lipinski definition) is 2. The van der Waals surface area contributed by atoms with Crippen molar-refractivity contribution in [2.24, 2.45) is 5.73 Å². The molecule has 1 aliphatic heterocycles. The number of benzene rings is 1. The molecule has 1 aliphatic rings. The summed E-state index contributed by atoms with van der Waals surface area (Å²) in [6.07, 6.45) is 0.915. The van der Waals surface area contributed by atoms with E-state index in [-0.39, 0.29) is 11.9 Å². The van der Waals surface area contributed by atoms with Crippen LogP contribution in [0.5, 0.6) is 0 Å². The van der Waals surface area contributed by atoms with Crippen LogP contribution in [0.25, 0.3) is 0 Å². The average molecular weight is 218 g/mol. The van der Waals surface area contributed by atoms with E-state index in [9.17, 15) is 4.79 Å². The third kappa shape index (κ3) is 1.71. The number of carbonyl (C=O) groups excluding carboxylic acids is 1.